The van der Waals surface area contributed by atoms with E-state index in [0.29, 0.717) is 31.9 Å². The topological polar surface area (TPSA) is 98.9 Å². The number of oxazole rings is 1. The molecule has 2 N–H and O–H groups in total. The molecule has 1 aromatic rings. The van der Waals surface area contributed by atoms with Crippen LogP contribution < -0.4 is 5.32 Å². The average molecular weight is 378 g/mol. The van der Waals surface area contributed by atoms with Crippen molar-refractivity contribution < 1.29 is 19.1 Å². The fourth-order valence-electron chi connectivity index (χ4n) is 3.67. The Labute approximate surface area is 159 Å². The quantitative estimate of drug-likeness (QED) is 0.771. The van der Waals surface area contributed by atoms with Gasteiger partial charge in [-0.15, -0.1) is 0 Å². The molecule has 2 amide bonds. The van der Waals surface area contributed by atoms with Crippen LogP contribution in [0.5, 0.6) is 0 Å². The zero-order chi connectivity index (χ0) is 19.4. The Morgan fingerprint density at radius 3 is 2.67 bits per heavy atom. The highest BCUT2D eigenvalue weighted by Gasteiger charge is 2.30. The van der Waals surface area contributed by atoms with E-state index in [1.807, 2.05) is 13.8 Å². The molecule has 2 fully saturated rings. The Morgan fingerprint density at radius 2 is 2.04 bits per heavy atom. The van der Waals surface area contributed by atoms with E-state index in [1.54, 1.807) is 4.90 Å². The van der Waals surface area contributed by atoms with E-state index in [0.717, 1.165) is 25.9 Å². The van der Waals surface area contributed by atoms with Crippen molar-refractivity contribution in [3.63, 3.8) is 0 Å². The maximum absolute atomic E-state index is 12.5. The molecule has 8 heteroatoms. The van der Waals surface area contributed by atoms with Gasteiger partial charge < -0.3 is 19.7 Å². The van der Waals surface area contributed by atoms with Gasteiger partial charge in [0.05, 0.1) is 12.6 Å². The van der Waals surface area contributed by atoms with E-state index in [4.69, 9.17) is 4.42 Å². The zero-order valence-corrected chi connectivity index (χ0v) is 16.2. The van der Waals surface area contributed by atoms with Crippen LogP contribution in [0.3, 0.4) is 0 Å². The van der Waals surface area contributed by atoms with Gasteiger partial charge in [-0.25, -0.2) is 4.98 Å². The predicted molar refractivity (Wildman–Crippen MR) is 99.0 cm³/mol. The Bertz CT molecular complexity index is 654. The van der Waals surface area contributed by atoms with Crippen LogP contribution in [0.25, 0.3) is 0 Å². The number of piperidine rings is 1. The number of aromatic nitrogens is 1. The summed E-state index contributed by atoms with van der Waals surface area (Å²) in [6, 6.07) is -0.381. The molecule has 2 aliphatic rings. The van der Waals surface area contributed by atoms with Gasteiger partial charge in [0.25, 0.3) is 5.91 Å². The van der Waals surface area contributed by atoms with Crippen molar-refractivity contribution in [1.82, 2.24) is 20.1 Å². The third kappa shape index (κ3) is 5.07. The minimum atomic E-state index is -0.474. The molecule has 3 rings (SSSR count). The first kappa shape index (κ1) is 19.8. The highest BCUT2D eigenvalue weighted by Crippen LogP contribution is 2.22. The van der Waals surface area contributed by atoms with Crippen molar-refractivity contribution in [1.29, 1.82) is 0 Å². The predicted octanol–water partition coefficient (Wildman–Crippen LogP) is 1.18. The number of nitrogens with zero attached hydrogens (tertiary/aromatic N) is 3. The van der Waals surface area contributed by atoms with Crippen molar-refractivity contribution in [2.24, 2.45) is 5.92 Å². The summed E-state index contributed by atoms with van der Waals surface area (Å²) >= 11 is 0. The highest BCUT2D eigenvalue weighted by atomic mass is 16.3. The van der Waals surface area contributed by atoms with Gasteiger partial charge in [0.1, 0.15) is 12.3 Å². The number of hydrogen-bond acceptors (Lipinski definition) is 6. The van der Waals surface area contributed by atoms with Crippen LogP contribution in [0.15, 0.2) is 10.7 Å². The molecule has 27 heavy (non-hydrogen) atoms. The van der Waals surface area contributed by atoms with E-state index < -0.39 is 6.10 Å². The lowest BCUT2D eigenvalue weighted by Crippen LogP contribution is -2.42. The van der Waals surface area contributed by atoms with E-state index in [-0.39, 0.29) is 29.5 Å². The van der Waals surface area contributed by atoms with Gasteiger partial charge in [-0.3, -0.25) is 14.5 Å². The fraction of sp³-hybridized carbons (Fsp3) is 0.737. The van der Waals surface area contributed by atoms with Gasteiger partial charge in [0, 0.05) is 13.1 Å². The molecule has 0 bridgehead atoms. The van der Waals surface area contributed by atoms with Gasteiger partial charge in [-0.05, 0) is 38.3 Å². The lowest BCUT2D eigenvalue weighted by Gasteiger charge is -2.27. The van der Waals surface area contributed by atoms with E-state index in [2.05, 4.69) is 15.2 Å². The van der Waals surface area contributed by atoms with Crippen molar-refractivity contribution >= 4 is 11.8 Å². The maximum Gasteiger partial charge on any atom is 0.275 e. The van der Waals surface area contributed by atoms with Crippen LogP contribution in [0.2, 0.25) is 0 Å². The minimum Gasteiger partial charge on any atom is -0.446 e. The van der Waals surface area contributed by atoms with Crippen molar-refractivity contribution in [3.05, 3.63) is 17.8 Å². The number of β-amino-alcohol motifs (C(OH)–C–C–N with tert-alkyl or cyclic N) is 1. The Kier molecular flexibility index (Phi) is 6.49. The SMILES string of the molecule is CC(C)[C@H](NC(=O)CN1CCCCC1)c1nc(C(=O)N2CC[C@@H](O)C2)co1. The van der Waals surface area contributed by atoms with E-state index in [9.17, 15) is 14.7 Å². The third-order valence-corrected chi connectivity index (χ3v) is 5.26. The third-order valence-electron chi connectivity index (χ3n) is 5.26. The summed E-state index contributed by atoms with van der Waals surface area (Å²) in [7, 11) is 0. The summed E-state index contributed by atoms with van der Waals surface area (Å²) < 4.78 is 5.54. The van der Waals surface area contributed by atoms with Gasteiger partial charge in [-0.1, -0.05) is 20.3 Å². The van der Waals surface area contributed by atoms with Gasteiger partial charge in [-0.2, -0.15) is 0 Å². The molecular formula is C19H30N4O4. The highest BCUT2D eigenvalue weighted by molar-refractivity contribution is 5.92. The van der Waals surface area contributed by atoms with Crippen molar-refractivity contribution in [3.8, 4) is 0 Å². The van der Waals surface area contributed by atoms with Crippen LogP contribution >= 0.6 is 0 Å². The number of aliphatic hydroxyl groups excluding tert-OH is 1. The van der Waals surface area contributed by atoms with Crippen LogP contribution in [-0.2, 0) is 4.79 Å². The van der Waals surface area contributed by atoms with Gasteiger partial charge in [0.2, 0.25) is 11.8 Å². The number of likely N-dealkylation sites (tertiary alicyclic amines) is 2. The summed E-state index contributed by atoms with van der Waals surface area (Å²) in [5.74, 6) is 0.124. The first-order valence-corrected chi connectivity index (χ1v) is 9.88. The molecule has 0 aromatic carbocycles. The number of hydrogen-bond donors (Lipinski definition) is 2. The molecule has 0 aliphatic carbocycles. The van der Waals surface area contributed by atoms with Crippen LogP contribution in [0.4, 0.5) is 0 Å². The van der Waals surface area contributed by atoms with Crippen molar-refractivity contribution in [2.45, 2.75) is 51.7 Å². The number of aliphatic hydroxyl groups is 1. The monoisotopic (exact) mass is 378 g/mol. The molecule has 150 valence electrons. The first-order chi connectivity index (χ1) is 12.9. The number of nitrogens with one attached hydrogen (secondary N) is 1. The molecule has 2 aliphatic heterocycles. The molecule has 8 nitrogen and oxygen atoms in total. The first-order valence-electron chi connectivity index (χ1n) is 9.88. The molecule has 0 radical (unpaired) electrons. The zero-order valence-electron chi connectivity index (χ0n) is 16.2. The number of amides is 2. The van der Waals surface area contributed by atoms with Crippen LogP contribution in [-0.4, -0.2) is 70.5 Å². The molecule has 2 atom stereocenters. The summed E-state index contributed by atoms with van der Waals surface area (Å²) in [4.78, 5) is 33.0. The Morgan fingerprint density at radius 1 is 1.30 bits per heavy atom. The second kappa shape index (κ2) is 8.84. The molecule has 0 unspecified atom stereocenters. The summed E-state index contributed by atoms with van der Waals surface area (Å²) in [5, 5.41) is 12.6. The molecule has 2 saturated heterocycles. The van der Waals surface area contributed by atoms with Crippen LogP contribution in [0.1, 0.15) is 62.0 Å². The Balaban J connectivity index is 1.62. The summed E-state index contributed by atoms with van der Waals surface area (Å²) in [6.45, 7) is 7.09. The second-order valence-electron chi connectivity index (χ2n) is 7.89. The maximum atomic E-state index is 12.5. The molecule has 0 spiro atoms. The number of carbonyl (C=O) groups is 2. The molecule has 3 heterocycles. The lowest BCUT2D eigenvalue weighted by molar-refractivity contribution is -0.123. The fourth-order valence-corrected chi connectivity index (χ4v) is 3.67. The van der Waals surface area contributed by atoms with Gasteiger partial charge in [0.15, 0.2) is 5.69 Å². The molecular weight excluding hydrogens is 348 g/mol. The van der Waals surface area contributed by atoms with Crippen molar-refractivity contribution in [2.75, 3.05) is 32.7 Å². The minimum absolute atomic E-state index is 0.0515. The second-order valence-corrected chi connectivity index (χ2v) is 7.89. The smallest absolute Gasteiger partial charge is 0.275 e. The number of rotatable bonds is 6. The average Bonchev–Trinajstić information content (AvgIpc) is 3.29. The lowest BCUT2D eigenvalue weighted by atomic mass is 10.0. The van der Waals surface area contributed by atoms with E-state index >= 15 is 0 Å². The van der Waals surface area contributed by atoms with Crippen LogP contribution in [0, 0.1) is 5.92 Å². The standard InChI is InChI=1S/C19H30N4O4/c1-13(2)17(21-16(25)11-22-7-4-3-5-8-22)18-20-15(12-27-18)19(26)23-9-6-14(24)10-23/h12-14,17,24H,3-11H2,1-2H3,(H,21,25)/t14-,17+/m1/s1. The molecule has 1 aromatic heterocycles. The normalized spacial score (nSPS) is 22.2. The molecule has 0 saturated carbocycles. The summed E-state index contributed by atoms with van der Waals surface area (Å²) in [6.07, 6.45) is 4.95. The summed E-state index contributed by atoms with van der Waals surface area (Å²) in [5.41, 5.74) is 0.218. The Hall–Kier alpha value is -1.93. The van der Waals surface area contributed by atoms with E-state index in [1.165, 1.54) is 12.7 Å². The largest absolute Gasteiger partial charge is 0.446 e. The van der Waals surface area contributed by atoms with Gasteiger partial charge >= 0.3 is 0 Å². The number of carbonyl (C=O) groups excluding carboxylic acids is 2.